The van der Waals surface area contributed by atoms with Gasteiger partial charge in [0.25, 0.3) is 5.91 Å². The zero-order valence-electron chi connectivity index (χ0n) is 15.5. The molecule has 2 aromatic rings. The highest BCUT2D eigenvalue weighted by molar-refractivity contribution is 9.10. The third kappa shape index (κ3) is 4.65. The molecule has 0 aliphatic carbocycles. The minimum absolute atomic E-state index is 0.00531. The molecule has 0 bridgehead atoms. The maximum atomic E-state index is 12.5. The molecule has 1 aliphatic heterocycles. The van der Waals surface area contributed by atoms with Gasteiger partial charge in [0, 0.05) is 10.2 Å². The number of hydrogen-bond donors (Lipinski definition) is 2. The van der Waals surface area contributed by atoms with Crippen molar-refractivity contribution in [3.63, 3.8) is 0 Å². The Kier molecular flexibility index (Phi) is 6.33. The summed E-state index contributed by atoms with van der Waals surface area (Å²) in [6.45, 7) is 8.70. The monoisotopic (exact) mass is 416 g/mol. The van der Waals surface area contributed by atoms with Crippen LogP contribution in [0, 0.1) is 6.92 Å². The summed E-state index contributed by atoms with van der Waals surface area (Å²) in [6, 6.07) is 16.6. The molecule has 1 fully saturated rings. The van der Waals surface area contributed by atoms with Gasteiger partial charge in [0.05, 0.1) is 32.2 Å². The fraction of sp³-hybridized carbons (Fsp3) is 0.381. The summed E-state index contributed by atoms with van der Waals surface area (Å²) >= 11 is 3.56. The summed E-state index contributed by atoms with van der Waals surface area (Å²) in [6.07, 6.45) is 0. The standard InChI is InChI=1S/C21H26BrN3O/c1-16-7-3-6-10-20(16)25-13-11-24(12-14-25)15-21(26)23-17(2)18-8-4-5-9-19(18)22/h3-10,17H,11-15H2,1-2H3,(H,23,26)/p+1/t17-/m0/s1. The number of carbonyl (C=O) groups excluding carboxylic acids is 1. The Morgan fingerprint density at radius 3 is 2.50 bits per heavy atom. The lowest BCUT2D eigenvalue weighted by atomic mass is 10.1. The molecule has 3 rings (SSSR count). The van der Waals surface area contributed by atoms with E-state index in [0.29, 0.717) is 6.54 Å². The van der Waals surface area contributed by atoms with Gasteiger partial charge in [-0.05, 0) is 37.1 Å². The summed E-state index contributed by atoms with van der Waals surface area (Å²) in [7, 11) is 0. The van der Waals surface area contributed by atoms with Crippen LogP contribution < -0.4 is 15.1 Å². The Bertz CT molecular complexity index is 756. The van der Waals surface area contributed by atoms with E-state index in [4.69, 9.17) is 0 Å². The number of piperazine rings is 1. The van der Waals surface area contributed by atoms with Crippen LogP contribution in [0.1, 0.15) is 24.1 Å². The predicted octanol–water partition coefficient (Wildman–Crippen LogP) is 2.34. The number of para-hydroxylation sites is 1. The molecule has 0 saturated carbocycles. The van der Waals surface area contributed by atoms with Crippen LogP contribution in [0.2, 0.25) is 0 Å². The molecule has 1 atom stereocenters. The third-order valence-electron chi connectivity index (χ3n) is 5.09. The molecule has 2 N–H and O–H groups in total. The Morgan fingerprint density at radius 2 is 1.81 bits per heavy atom. The van der Waals surface area contributed by atoms with Gasteiger partial charge in [-0.1, -0.05) is 52.3 Å². The number of anilines is 1. The Morgan fingerprint density at radius 1 is 1.15 bits per heavy atom. The first kappa shape index (κ1) is 18.9. The van der Waals surface area contributed by atoms with Gasteiger partial charge < -0.3 is 15.1 Å². The van der Waals surface area contributed by atoms with Crippen LogP contribution in [0.5, 0.6) is 0 Å². The molecule has 5 heteroatoms. The van der Waals surface area contributed by atoms with Crippen molar-refractivity contribution >= 4 is 27.5 Å². The van der Waals surface area contributed by atoms with Crippen LogP contribution in [0.4, 0.5) is 5.69 Å². The normalized spacial score (nSPS) is 16.3. The number of carbonyl (C=O) groups is 1. The number of benzene rings is 2. The maximum Gasteiger partial charge on any atom is 0.275 e. The first-order chi connectivity index (χ1) is 12.5. The van der Waals surface area contributed by atoms with Crippen molar-refractivity contribution < 1.29 is 9.69 Å². The van der Waals surface area contributed by atoms with Crippen molar-refractivity contribution in [2.75, 3.05) is 37.6 Å². The van der Waals surface area contributed by atoms with E-state index in [-0.39, 0.29) is 11.9 Å². The number of rotatable bonds is 5. The van der Waals surface area contributed by atoms with Gasteiger partial charge in [-0.2, -0.15) is 0 Å². The first-order valence-corrected chi connectivity index (χ1v) is 10.0. The van der Waals surface area contributed by atoms with Crippen molar-refractivity contribution in [2.45, 2.75) is 19.9 Å². The van der Waals surface area contributed by atoms with E-state index in [1.807, 2.05) is 31.2 Å². The summed E-state index contributed by atoms with van der Waals surface area (Å²) in [4.78, 5) is 16.2. The van der Waals surface area contributed by atoms with Crippen LogP contribution in [0.25, 0.3) is 0 Å². The summed E-state index contributed by atoms with van der Waals surface area (Å²) in [5.41, 5.74) is 3.75. The smallest absolute Gasteiger partial charge is 0.275 e. The number of quaternary nitrogens is 1. The van der Waals surface area contributed by atoms with Crippen molar-refractivity contribution in [1.29, 1.82) is 0 Å². The SMILES string of the molecule is Cc1ccccc1N1CC[NH+](CC(=O)N[C@@H](C)c2ccccc2Br)CC1. The van der Waals surface area contributed by atoms with Gasteiger partial charge >= 0.3 is 0 Å². The van der Waals surface area contributed by atoms with Crippen LogP contribution >= 0.6 is 15.9 Å². The highest BCUT2D eigenvalue weighted by Crippen LogP contribution is 2.22. The molecule has 0 radical (unpaired) electrons. The number of nitrogens with zero attached hydrogens (tertiary/aromatic N) is 1. The molecule has 1 saturated heterocycles. The lowest BCUT2D eigenvalue weighted by Gasteiger charge is -2.34. The number of aryl methyl sites for hydroxylation is 1. The first-order valence-electron chi connectivity index (χ1n) is 9.22. The number of hydrogen-bond acceptors (Lipinski definition) is 2. The van der Waals surface area contributed by atoms with Gasteiger partial charge in [-0.15, -0.1) is 0 Å². The van der Waals surface area contributed by atoms with E-state index in [2.05, 4.69) is 57.3 Å². The van der Waals surface area contributed by atoms with E-state index in [9.17, 15) is 4.79 Å². The lowest BCUT2D eigenvalue weighted by molar-refractivity contribution is -0.892. The molecule has 1 aliphatic rings. The second-order valence-electron chi connectivity index (χ2n) is 7.01. The van der Waals surface area contributed by atoms with Crippen LogP contribution in [0.15, 0.2) is 53.0 Å². The minimum atomic E-state index is 0.00531. The van der Waals surface area contributed by atoms with Crippen molar-refractivity contribution in [3.8, 4) is 0 Å². The highest BCUT2D eigenvalue weighted by Gasteiger charge is 2.23. The lowest BCUT2D eigenvalue weighted by Crippen LogP contribution is -3.16. The van der Waals surface area contributed by atoms with Gasteiger partial charge in [0.15, 0.2) is 6.54 Å². The molecule has 0 spiro atoms. The fourth-order valence-electron chi connectivity index (χ4n) is 3.58. The van der Waals surface area contributed by atoms with Crippen LogP contribution in [-0.2, 0) is 4.79 Å². The predicted molar refractivity (Wildman–Crippen MR) is 110 cm³/mol. The second kappa shape index (κ2) is 8.69. The minimum Gasteiger partial charge on any atom is -0.360 e. The van der Waals surface area contributed by atoms with E-state index in [1.54, 1.807) is 0 Å². The molecule has 2 aromatic carbocycles. The maximum absolute atomic E-state index is 12.5. The van der Waals surface area contributed by atoms with Crippen LogP contribution in [0.3, 0.4) is 0 Å². The molecule has 0 aromatic heterocycles. The summed E-state index contributed by atoms with van der Waals surface area (Å²) in [5.74, 6) is 0.118. The van der Waals surface area contributed by atoms with E-state index < -0.39 is 0 Å². The summed E-state index contributed by atoms with van der Waals surface area (Å²) in [5, 5.41) is 3.13. The second-order valence-corrected chi connectivity index (χ2v) is 7.87. The van der Waals surface area contributed by atoms with Gasteiger partial charge in [0.1, 0.15) is 0 Å². The topological polar surface area (TPSA) is 36.8 Å². The largest absolute Gasteiger partial charge is 0.360 e. The molecule has 0 unspecified atom stereocenters. The zero-order chi connectivity index (χ0) is 18.5. The summed E-state index contributed by atoms with van der Waals surface area (Å²) < 4.78 is 1.03. The van der Waals surface area contributed by atoms with E-state index in [0.717, 1.165) is 36.2 Å². The molecule has 138 valence electrons. The van der Waals surface area contributed by atoms with Gasteiger partial charge in [0.2, 0.25) is 0 Å². The average molecular weight is 417 g/mol. The molecular formula is C21H27BrN3O+. The average Bonchev–Trinajstić information content (AvgIpc) is 2.63. The van der Waals surface area contributed by atoms with Crippen LogP contribution in [-0.4, -0.2) is 38.6 Å². The fourth-order valence-corrected chi connectivity index (χ4v) is 4.21. The zero-order valence-corrected chi connectivity index (χ0v) is 17.1. The quantitative estimate of drug-likeness (QED) is 0.784. The molecule has 1 amide bonds. The Balaban J connectivity index is 1.49. The van der Waals surface area contributed by atoms with Gasteiger partial charge in [-0.3, -0.25) is 4.79 Å². The Hall–Kier alpha value is -1.85. The van der Waals surface area contributed by atoms with Crippen molar-refractivity contribution in [1.82, 2.24) is 5.32 Å². The molecular weight excluding hydrogens is 390 g/mol. The number of nitrogens with one attached hydrogen (secondary N) is 2. The number of amides is 1. The highest BCUT2D eigenvalue weighted by atomic mass is 79.9. The molecule has 1 heterocycles. The van der Waals surface area contributed by atoms with Gasteiger partial charge in [-0.25, -0.2) is 0 Å². The third-order valence-corrected chi connectivity index (χ3v) is 5.81. The number of halogens is 1. The molecule has 26 heavy (non-hydrogen) atoms. The van der Waals surface area contributed by atoms with Crippen molar-refractivity contribution in [2.24, 2.45) is 0 Å². The van der Waals surface area contributed by atoms with E-state index >= 15 is 0 Å². The van der Waals surface area contributed by atoms with E-state index in [1.165, 1.54) is 16.2 Å². The molecule has 4 nitrogen and oxygen atoms in total. The van der Waals surface area contributed by atoms with Crippen molar-refractivity contribution in [3.05, 3.63) is 64.1 Å². The Labute approximate surface area is 164 Å².